The Hall–Kier alpha value is -1.92. The first kappa shape index (κ1) is 12.8. The topological polar surface area (TPSA) is 80.1 Å². The minimum atomic E-state index is -0.364. The van der Waals surface area contributed by atoms with Crippen molar-refractivity contribution in [3.63, 3.8) is 0 Å². The molecule has 2 fully saturated rings. The molecular formula is C14H19N5O2. The van der Waals surface area contributed by atoms with Crippen LogP contribution >= 0.6 is 0 Å². The van der Waals surface area contributed by atoms with E-state index in [9.17, 15) is 9.59 Å². The molecule has 1 aliphatic carbocycles. The molecule has 0 radical (unpaired) electrons. The van der Waals surface area contributed by atoms with E-state index in [2.05, 4.69) is 15.4 Å². The lowest BCUT2D eigenvalue weighted by molar-refractivity contribution is -0.137. The summed E-state index contributed by atoms with van der Waals surface area (Å²) in [5.41, 5.74) is 0. The normalized spacial score (nSPS) is 28.4. The summed E-state index contributed by atoms with van der Waals surface area (Å²) in [7, 11) is 0. The van der Waals surface area contributed by atoms with Crippen LogP contribution in [0.25, 0.3) is 0 Å². The van der Waals surface area contributed by atoms with Gasteiger partial charge >= 0.3 is 0 Å². The molecule has 1 aromatic heterocycles. The maximum absolute atomic E-state index is 12.6. The Morgan fingerprint density at radius 3 is 2.76 bits per heavy atom. The van der Waals surface area contributed by atoms with Crippen LogP contribution in [0.4, 0.5) is 0 Å². The molecule has 3 heterocycles. The Morgan fingerprint density at radius 1 is 1.29 bits per heavy atom. The number of hydrogen-bond donors (Lipinski definition) is 1. The van der Waals surface area contributed by atoms with Gasteiger partial charge in [0.15, 0.2) is 5.82 Å². The Morgan fingerprint density at radius 2 is 2.10 bits per heavy atom. The number of carbonyl (C=O) groups is 2. The van der Waals surface area contributed by atoms with E-state index in [1.54, 1.807) is 0 Å². The average molecular weight is 289 g/mol. The highest BCUT2D eigenvalue weighted by atomic mass is 16.2. The summed E-state index contributed by atoms with van der Waals surface area (Å²) in [6, 6.07) is -0.443. The van der Waals surface area contributed by atoms with E-state index in [-0.39, 0.29) is 23.9 Å². The van der Waals surface area contributed by atoms with Crippen molar-refractivity contribution in [3.05, 3.63) is 11.6 Å². The van der Waals surface area contributed by atoms with Gasteiger partial charge in [0.25, 0.3) is 0 Å². The number of nitrogens with one attached hydrogen (secondary N) is 1. The van der Waals surface area contributed by atoms with Gasteiger partial charge < -0.3 is 10.2 Å². The SMILES string of the molecule is C[C@@H]1c2nc(C3CC3)nn2CCN1C(=O)[C@H]1CCC(=O)N1. The van der Waals surface area contributed by atoms with Gasteiger partial charge in [0, 0.05) is 18.9 Å². The highest BCUT2D eigenvalue weighted by molar-refractivity contribution is 5.91. The predicted octanol–water partition coefficient (Wildman–Crippen LogP) is 0.337. The molecule has 1 saturated carbocycles. The number of fused-ring (bicyclic) bond motifs is 1. The highest BCUT2D eigenvalue weighted by Gasteiger charge is 2.38. The molecule has 2 amide bonds. The van der Waals surface area contributed by atoms with Gasteiger partial charge in [-0.3, -0.25) is 9.59 Å². The van der Waals surface area contributed by atoms with Crippen LogP contribution in [0, 0.1) is 0 Å². The highest BCUT2D eigenvalue weighted by Crippen LogP contribution is 2.39. The van der Waals surface area contributed by atoms with E-state index in [1.807, 2.05) is 16.5 Å². The fraction of sp³-hybridized carbons (Fsp3) is 0.714. The quantitative estimate of drug-likeness (QED) is 0.851. The summed E-state index contributed by atoms with van der Waals surface area (Å²) in [5.74, 6) is 2.31. The summed E-state index contributed by atoms with van der Waals surface area (Å²) >= 11 is 0. The third-order valence-electron chi connectivity index (χ3n) is 4.63. The fourth-order valence-electron chi connectivity index (χ4n) is 3.20. The first-order valence-electron chi connectivity index (χ1n) is 7.68. The second-order valence-corrected chi connectivity index (χ2v) is 6.19. The van der Waals surface area contributed by atoms with Crippen molar-refractivity contribution in [3.8, 4) is 0 Å². The minimum Gasteiger partial charge on any atom is -0.344 e. The summed E-state index contributed by atoms with van der Waals surface area (Å²) in [4.78, 5) is 30.3. The third kappa shape index (κ3) is 2.11. The smallest absolute Gasteiger partial charge is 0.245 e. The van der Waals surface area contributed by atoms with Crippen molar-refractivity contribution in [2.75, 3.05) is 6.54 Å². The van der Waals surface area contributed by atoms with Crippen molar-refractivity contribution in [1.29, 1.82) is 0 Å². The van der Waals surface area contributed by atoms with Gasteiger partial charge in [-0.25, -0.2) is 9.67 Å². The maximum Gasteiger partial charge on any atom is 0.245 e. The first-order valence-corrected chi connectivity index (χ1v) is 7.68. The zero-order valence-corrected chi connectivity index (χ0v) is 12.1. The second-order valence-electron chi connectivity index (χ2n) is 6.19. The first-order chi connectivity index (χ1) is 10.1. The summed E-state index contributed by atoms with van der Waals surface area (Å²) in [5, 5.41) is 7.32. The summed E-state index contributed by atoms with van der Waals surface area (Å²) < 4.78 is 1.94. The summed E-state index contributed by atoms with van der Waals surface area (Å²) in [6.45, 7) is 3.31. The van der Waals surface area contributed by atoms with Gasteiger partial charge in [-0.05, 0) is 26.2 Å². The lowest BCUT2D eigenvalue weighted by atomic mass is 10.1. The van der Waals surface area contributed by atoms with Gasteiger partial charge in [0.1, 0.15) is 11.9 Å². The van der Waals surface area contributed by atoms with E-state index in [4.69, 9.17) is 0 Å². The molecular weight excluding hydrogens is 270 g/mol. The molecule has 0 bridgehead atoms. The zero-order chi connectivity index (χ0) is 14.6. The maximum atomic E-state index is 12.6. The van der Waals surface area contributed by atoms with Crippen molar-refractivity contribution in [1.82, 2.24) is 25.0 Å². The molecule has 1 saturated heterocycles. The zero-order valence-electron chi connectivity index (χ0n) is 12.1. The fourth-order valence-corrected chi connectivity index (χ4v) is 3.20. The van der Waals surface area contributed by atoms with Crippen LogP contribution in [0.3, 0.4) is 0 Å². The standard InChI is InChI=1S/C14H19N5O2/c1-8-13-16-12(9-2-3-9)17-19(13)7-6-18(8)14(21)10-4-5-11(20)15-10/h8-10H,2-7H2,1H3,(H,15,20)/t8-,10-/m1/s1. The Kier molecular flexibility index (Phi) is 2.77. The van der Waals surface area contributed by atoms with Gasteiger partial charge in [0.05, 0.1) is 12.6 Å². The van der Waals surface area contributed by atoms with Crippen LogP contribution in [0.5, 0.6) is 0 Å². The van der Waals surface area contributed by atoms with Gasteiger partial charge in [0.2, 0.25) is 11.8 Å². The van der Waals surface area contributed by atoms with Crippen LogP contribution in [-0.2, 0) is 16.1 Å². The van der Waals surface area contributed by atoms with E-state index in [0.29, 0.717) is 31.8 Å². The third-order valence-corrected chi connectivity index (χ3v) is 4.63. The number of amides is 2. The number of rotatable bonds is 2. The van der Waals surface area contributed by atoms with Crippen LogP contribution < -0.4 is 5.32 Å². The van der Waals surface area contributed by atoms with Crippen LogP contribution in [-0.4, -0.2) is 44.1 Å². The van der Waals surface area contributed by atoms with Crippen molar-refractivity contribution in [2.45, 2.75) is 57.2 Å². The van der Waals surface area contributed by atoms with E-state index < -0.39 is 0 Å². The van der Waals surface area contributed by atoms with Gasteiger partial charge in [-0.2, -0.15) is 5.10 Å². The minimum absolute atomic E-state index is 0.00979. The lowest BCUT2D eigenvalue weighted by Crippen LogP contribution is -2.49. The van der Waals surface area contributed by atoms with E-state index >= 15 is 0 Å². The molecule has 0 spiro atoms. The molecule has 7 heteroatoms. The number of hydrogen-bond acceptors (Lipinski definition) is 4. The average Bonchev–Trinajstić information content (AvgIpc) is 3.08. The van der Waals surface area contributed by atoms with Crippen LogP contribution in [0.2, 0.25) is 0 Å². The number of carbonyl (C=O) groups excluding carboxylic acids is 2. The predicted molar refractivity (Wildman–Crippen MR) is 73.3 cm³/mol. The molecule has 7 nitrogen and oxygen atoms in total. The Bertz CT molecular complexity index is 607. The molecule has 1 aromatic rings. The lowest BCUT2D eigenvalue weighted by Gasteiger charge is -2.34. The summed E-state index contributed by atoms with van der Waals surface area (Å²) in [6.07, 6.45) is 3.39. The van der Waals surface area contributed by atoms with Crippen LogP contribution in [0.1, 0.15) is 56.2 Å². The molecule has 2 aliphatic heterocycles. The van der Waals surface area contributed by atoms with Crippen molar-refractivity contribution < 1.29 is 9.59 Å². The van der Waals surface area contributed by atoms with Gasteiger partial charge in [-0.1, -0.05) is 0 Å². The molecule has 4 rings (SSSR count). The second kappa shape index (κ2) is 4.54. The molecule has 112 valence electrons. The molecule has 21 heavy (non-hydrogen) atoms. The van der Waals surface area contributed by atoms with Crippen LogP contribution in [0.15, 0.2) is 0 Å². The monoisotopic (exact) mass is 289 g/mol. The molecule has 1 N–H and O–H groups in total. The molecule has 3 aliphatic rings. The van der Waals surface area contributed by atoms with Crippen molar-refractivity contribution in [2.24, 2.45) is 0 Å². The number of nitrogens with zero attached hydrogens (tertiary/aromatic N) is 4. The van der Waals surface area contributed by atoms with E-state index in [1.165, 1.54) is 12.8 Å². The largest absolute Gasteiger partial charge is 0.344 e. The van der Waals surface area contributed by atoms with E-state index in [0.717, 1.165) is 11.6 Å². The van der Waals surface area contributed by atoms with Gasteiger partial charge in [-0.15, -0.1) is 0 Å². The Labute approximate surface area is 122 Å². The Balaban J connectivity index is 1.55. The van der Waals surface area contributed by atoms with Crippen molar-refractivity contribution >= 4 is 11.8 Å². The molecule has 0 unspecified atom stereocenters. The number of aromatic nitrogens is 3. The molecule has 0 aromatic carbocycles. The molecule has 2 atom stereocenters.